The first kappa shape index (κ1) is 18.7. The Morgan fingerprint density at radius 3 is 3.12 bits per heavy atom. The minimum absolute atomic E-state index is 0.0178. The summed E-state index contributed by atoms with van der Waals surface area (Å²) in [6, 6.07) is 8.14. The second-order valence-electron chi connectivity index (χ2n) is 6.30. The quantitative estimate of drug-likeness (QED) is 0.570. The van der Waals surface area contributed by atoms with Gasteiger partial charge in [0.25, 0.3) is 0 Å². The van der Waals surface area contributed by atoms with Gasteiger partial charge in [0.15, 0.2) is 11.0 Å². The van der Waals surface area contributed by atoms with Crippen molar-refractivity contribution < 1.29 is 9.53 Å². The van der Waals surface area contributed by atoms with Crippen molar-refractivity contribution in [1.29, 1.82) is 0 Å². The summed E-state index contributed by atoms with van der Waals surface area (Å²) < 4.78 is 7.51. The zero-order valence-electron chi connectivity index (χ0n) is 15.0. The maximum absolute atomic E-state index is 12.1. The molecule has 1 fully saturated rings. The van der Waals surface area contributed by atoms with Crippen molar-refractivity contribution in [2.75, 3.05) is 18.9 Å². The number of carbonyl (C=O) groups excluding carboxylic acids is 1. The number of rotatable bonds is 8. The molecule has 1 aliphatic rings. The second kappa shape index (κ2) is 9.00. The molecular weight excluding hydrogens is 348 g/mol. The Balaban J connectivity index is 1.63. The third-order valence-corrected chi connectivity index (χ3v) is 5.15. The fourth-order valence-electron chi connectivity index (χ4n) is 2.90. The zero-order chi connectivity index (χ0) is 18.4. The number of allylic oxidation sites excluding steroid dienone is 1. The van der Waals surface area contributed by atoms with Crippen molar-refractivity contribution in [3.8, 4) is 11.4 Å². The molecule has 0 spiro atoms. The second-order valence-corrected chi connectivity index (χ2v) is 7.25. The van der Waals surface area contributed by atoms with Crippen molar-refractivity contribution in [3.05, 3.63) is 42.5 Å². The smallest absolute Gasteiger partial charge is 0.230 e. The van der Waals surface area contributed by atoms with Crippen molar-refractivity contribution in [3.63, 3.8) is 0 Å². The van der Waals surface area contributed by atoms with Crippen molar-refractivity contribution in [2.24, 2.45) is 0 Å². The SMILES string of the molecule is C=CCn1c(SCC(=O)NCC2CCCO2)nnc1-c1cccc(C)c1. The van der Waals surface area contributed by atoms with Gasteiger partial charge in [-0.25, -0.2) is 0 Å². The number of hydrogen-bond acceptors (Lipinski definition) is 5. The molecular formula is C19H24N4O2S. The molecule has 0 bridgehead atoms. The lowest BCUT2D eigenvalue weighted by Gasteiger charge is -2.11. The van der Waals surface area contributed by atoms with Crippen molar-refractivity contribution >= 4 is 17.7 Å². The van der Waals surface area contributed by atoms with Crippen LogP contribution in [0, 0.1) is 6.92 Å². The molecule has 26 heavy (non-hydrogen) atoms. The Bertz CT molecular complexity index is 769. The van der Waals surface area contributed by atoms with Gasteiger partial charge in [0.1, 0.15) is 0 Å². The molecule has 1 atom stereocenters. The maximum atomic E-state index is 12.1. The number of ether oxygens (including phenoxy) is 1. The molecule has 2 heterocycles. The van der Waals surface area contributed by atoms with E-state index < -0.39 is 0 Å². The summed E-state index contributed by atoms with van der Waals surface area (Å²) in [4.78, 5) is 12.1. The van der Waals surface area contributed by atoms with Crippen LogP contribution in [0.5, 0.6) is 0 Å². The number of hydrogen-bond donors (Lipinski definition) is 1. The van der Waals surface area contributed by atoms with Gasteiger partial charge >= 0.3 is 0 Å². The summed E-state index contributed by atoms with van der Waals surface area (Å²) in [5.41, 5.74) is 2.17. The fourth-order valence-corrected chi connectivity index (χ4v) is 3.68. The predicted octanol–water partition coefficient (Wildman–Crippen LogP) is 2.83. The van der Waals surface area contributed by atoms with Crippen LogP contribution in [0.15, 0.2) is 42.1 Å². The van der Waals surface area contributed by atoms with Crippen LogP contribution in [-0.2, 0) is 16.1 Å². The van der Waals surface area contributed by atoms with E-state index in [0.717, 1.165) is 30.8 Å². The van der Waals surface area contributed by atoms with E-state index in [1.165, 1.54) is 17.3 Å². The van der Waals surface area contributed by atoms with Gasteiger partial charge in [-0.3, -0.25) is 9.36 Å². The Labute approximate surface area is 158 Å². The van der Waals surface area contributed by atoms with Crippen LogP contribution < -0.4 is 5.32 Å². The molecule has 1 aromatic carbocycles. The third-order valence-electron chi connectivity index (χ3n) is 4.19. The normalized spacial score (nSPS) is 16.6. The number of benzene rings is 1. The van der Waals surface area contributed by atoms with E-state index in [1.807, 2.05) is 35.8 Å². The predicted molar refractivity (Wildman–Crippen MR) is 103 cm³/mol. The molecule has 1 unspecified atom stereocenters. The minimum atomic E-state index is -0.0178. The van der Waals surface area contributed by atoms with E-state index in [9.17, 15) is 4.79 Å². The topological polar surface area (TPSA) is 69.0 Å². The maximum Gasteiger partial charge on any atom is 0.230 e. The lowest BCUT2D eigenvalue weighted by atomic mass is 10.1. The van der Waals surface area contributed by atoms with Gasteiger partial charge in [-0.15, -0.1) is 16.8 Å². The lowest BCUT2D eigenvalue weighted by molar-refractivity contribution is -0.119. The van der Waals surface area contributed by atoms with Crippen LogP contribution in [0.3, 0.4) is 0 Å². The molecule has 3 rings (SSSR count). The van der Waals surface area contributed by atoms with Crippen LogP contribution in [0.25, 0.3) is 11.4 Å². The molecule has 1 N–H and O–H groups in total. The molecule has 0 aliphatic carbocycles. The number of nitrogens with one attached hydrogen (secondary N) is 1. The van der Waals surface area contributed by atoms with E-state index in [2.05, 4.69) is 28.2 Å². The molecule has 2 aromatic rings. The van der Waals surface area contributed by atoms with Crippen LogP contribution in [-0.4, -0.2) is 45.7 Å². The summed E-state index contributed by atoms with van der Waals surface area (Å²) in [5, 5.41) is 12.2. The van der Waals surface area contributed by atoms with Crippen molar-refractivity contribution in [1.82, 2.24) is 20.1 Å². The number of nitrogens with zero attached hydrogens (tertiary/aromatic N) is 3. The number of carbonyl (C=O) groups is 1. The summed E-state index contributed by atoms with van der Waals surface area (Å²) in [5.74, 6) is 1.07. The molecule has 138 valence electrons. The molecule has 7 heteroatoms. The Morgan fingerprint density at radius 2 is 2.38 bits per heavy atom. The Hall–Kier alpha value is -2.12. The van der Waals surface area contributed by atoms with Gasteiger partial charge in [0.2, 0.25) is 5.91 Å². The standard InChI is InChI=1S/C19H24N4O2S/c1-3-9-23-18(15-7-4-6-14(2)11-15)21-22-19(23)26-13-17(24)20-12-16-8-5-10-25-16/h3-4,6-7,11,16H,1,5,8-10,12-13H2,2H3,(H,20,24). The number of amides is 1. The lowest BCUT2D eigenvalue weighted by Crippen LogP contribution is -2.32. The van der Waals surface area contributed by atoms with Crippen LogP contribution in [0.4, 0.5) is 0 Å². The molecule has 1 saturated heterocycles. The van der Waals surface area contributed by atoms with Crippen molar-refractivity contribution in [2.45, 2.75) is 37.6 Å². The van der Waals surface area contributed by atoms with Gasteiger partial charge in [-0.05, 0) is 25.8 Å². The van der Waals surface area contributed by atoms with Gasteiger partial charge in [-0.2, -0.15) is 0 Å². The van der Waals surface area contributed by atoms with Gasteiger partial charge in [0, 0.05) is 25.3 Å². The summed E-state index contributed by atoms with van der Waals surface area (Å²) in [6.45, 7) is 7.83. The monoisotopic (exact) mass is 372 g/mol. The largest absolute Gasteiger partial charge is 0.376 e. The zero-order valence-corrected chi connectivity index (χ0v) is 15.8. The number of aromatic nitrogens is 3. The molecule has 6 nitrogen and oxygen atoms in total. The Morgan fingerprint density at radius 1 is 1.50 bits per heavy atom. The summed E-state index contributed by atoms with van der Waals surface area (Å²) in [7, 11) is 0. The van der Waals surface area contributed by atoms with E-state index in [1.54, 1.807) is 0 Å². The highest BCUT2D eigenvalue weighted by atomic mass is 32.2. The van der Waals surface area contributed by atoms with Gasteiger partial charge in [0.05, 0.1) is 11.9 Å². The highest BCUT2D eigenvalue weighted by Crippen LogP contribution is 2.24. The number of aryl methyl sites for hydroxylation is 1. The molecule has 1 amide bonds. The molecule has 1 aromatic heterocycles. The Kier molecular flexibility index (Phi) is 6.46. The van der Waals surface area contributed by atoms with Crippen LogP contribution in [0.2, 0.25) is 0 Å². The first-order valence-electron chi connectivity index (χ1n) is 8.79. The molecule has 0 saturated carbocycles. The van der Waals surface area contributed by atoms with E-state index in [-0.39, 0.29) is 12.0 Å². The van der Waals surface area contributed by atoms with Crippen LogP contribution >= 0.6 is 11.8 Å². The average Bonchev–Trinajstić information content (AvgIpc) is 3.28. The third kappa shape index (κ3) is 4.74. The molecule has 0 radical (unpaired) electrons. The summed E-state index contributed by atoms with van der Waals surface area (Å²) in [6.07, 6.45) is 4.05. The van der Waals surface area contributed by atoms with E-state index in [0.29, 0.717) is 24.0 Å². The summed E-state index contributed by atoms with van der Waals surface area (Å²) >= 11 is 1.39. The van der Waals surface area contributed by atoms with Gasteiger partial charge in [-0.1, -0.05) is 41.6 Å². The van der Waals surface area contributed by atoms with Crippen LogP contribution in [0.1, 0.15) is 18.4 Å². The van der Waals surface area contributed by atoms with E-state index >= 15 is 0 Å². The van der Waals surface area contributed by atoms with E-state index in [4.69, 9.17) is 4.74 Å². The van der Waals surface area contributed by atoms with Gasteiger partial charge < -0.3 is 10.1 Å². The highest BCUT2D eigenvalue weighted by Gasteiger charge is 2.18. The first-order valence-corrected chi connectivity index (χ1v) is 9.78. The minimum Gasteiger partial charge on any atom is -0.376 e. The first-order chi connectivity index (χ1) is 12.7. The number of thioether (sulfide) groups is 1. The fraction of sp³-hybridized carbons (Fsp3) is 0.421. The highest BCUT2D eigenvalue weighted by molar-refractivity contribution is 7.99. The molecule has 1 aliphatic heterocycles. The average molecular weight is 372 g/mol.